The minimum absolute atomic E-state index is 0.0237. The summed E-state index contributed by atoms with van der Waals surface area (Å²) in [6.45, 7) is 0. The Labute approximate surface area is 89.3 Å². The van der Waals surface area contributed by atoms with Crippen molar-refractivity contribution in [3.63, 3.8) is 0 Å². The van der Waals surface area contributed by atoms with E-state index in [-0.39, 0.29) is 23.6 Å². The Morgan fingerprint density at radius 2 is 2.20 bits per heavy atom. The molecule has 6 heteroatoms. The number of hydrogen-bond donors (Lipinski definition) is 0. The molecule has 1 rings (SSSR count). The minimum atomic E-state index is -2.81. The molecule has 0 amide bonds. The van der Waals surface area contributed by atoms with Gasteiger partial charge in [-0.05, 0) is 11.6 Å². The summed E-state index contributed by atoms with van der Waals surface area (Å²) in [6, 6.07) is 2.51. The normalized spacial score (nSPS) is 10.4. The maximum Gasteiger partial charge on any atom is 0.265 e. The second-order valence-electron chi connectivity index (χ2n) is 2.73. The molecule has 2 nitrogen and oxygen atoms in total. The van der Waals surface area contributed by atoms with Crippen LogP contribution in [-0.4, -0.2) is 4.98 Å². The molecule has 0 saturated heterocycles. The van der Waals surface area contributed by atoms with E-state index in [0.29, 0.717) is 0 Å². The predicted octanol–water partition coefficient (Wildman–Crippen LogP) is 2.96. The number of pyridine rings is 1. The van der Waals surface area contributed by atoms with Crippen molar-refractivity contribution < 1.29 is 13.2 Å². The van der Waals surface area contributed by atoms with E-state index >= 15 is 0 Å². The Balaban J connectivity index is 3.34. The highest BCUT2D eigenvalue weighted by molar-refractivity contribution is 6.17. The summed E-state index contributed by atoms with van der Waals surface area (Å²) in [6.07, 6.45) is -3.17. The Kier molecular flexibility index (Phi) is 3.92. The fourth-order valence-corrected chi connectivity index (χ4v) is 1.44. The summed E-state index contributed by atoms with van der Waals surface area (Å²) in [5, 5.41) is 8.39. The van der Waals surface area contributed by atoms with Crippen LogP contribution >= 0.6 is 11.6 Å². The van der Waals surface area contributed by atoms with E-state index in [9.17, 15) is 13.2 Å². The highest BCUT2D eigenvalue weighted by Crippen LogP contribution is 2.27. The quantitative estimate of drug-likeness (QED) is 0.596. The Bertz CT molecular complexity index is 401. The number of rotatable bonds is 3. The van der Waals surface area contributed by atoms with Gasteiger partial charge in [-0.15, -0.1) is 11.6 Å². The number of halogens is 4. The molecule has 0 atom stereocenters. The zero-order valence-corrected chi connectivity index (χ0v) is 8.23. The van der Waals surface area contributed by atoms with Gasteiger partial charge in [0.2, 0.25) is 5.95 Å². The fourth-order valence-electron chi connectivity index (χ4n) is 1.21. The van der Waals surface area contributed by atoms with E-state index in [2.05, 4.69) is 4.98 Å². The largest absolute Gasteiger partial charge is 0.265 e. The lowest BCUT2D eigenvalue weighted by atomic mass is 10.1. The third-order valence-electron chi connectivity index (χ3n) is 1.80. The van der Waals surface area contributed by atoms with Gasteiger partial charge in [0.05, 0.1) is 18.2 Å². The van der Waals surface area contributed by atoms with E-state index in [4.69, 9.17) is 16.9 Å². The molecule has 80 valence electrons. The first-order chi connectivity index (χ1) is 7.10. The Hall–Kier alpha value is -1.28. The Morgan fingerprint density at radius 1 is 1.53 bits per heavy atom. The van der Waals surface area contributed by atoms with Gasteiger partial charge in [-0.3, -0.25) is 0 Å². The van der Waals surface area contributed by atoms with Gasteiger partial charge in [0.15, 0.2) is 0 Å². The van der Waals surface area contributed by atoms with Crippen molar-refractivity contribution in [2.24, 2.45) is 0 Å². The number of hydrogen-bond acceptors (Lipinski definition) is 2. The molecule has 0 aliphatic heterocycles. The average molecular weight is 235 g/mol. The molecule has 0 aromatic carbocycles. The van der Waals surface area contributed by atoms with E-state index in [0.717, 1.165) is 6.07 Å². The minimum Gasteiger partial charge on any atom is -0.223 e. The molecule has 0 radical (unpaired) electrons. The summed E-state index contributed by atoms with van der Waals surface area (Å²) in [7, 11) is 0. The lowest BCUT2D eigenvalue weighted by molar-refractivity contribution is 0.148. The maximum atomic E-state index is 12.9. The number of nitrogens with zero attached hydrogens (tertiary/aromatic N) is 2. The molecular formula is C9H6ClF3N2. The van der Waals surface area contributed by atoms with Crippen molar-refractivity contribution in [1.82, 2.24) is 4.98 Å². The molecule has 15 heavy (non-hydrogen) atoms. The van der Waals surface area contributed by atoms with Crippen molar-refractivity contribution in [2.75, 3.05) is 0 Å². The van der Waals surface area contributed by atoms with Gasteiger partial charge in [0, 0.05) is 11.4 Å². The predicted molar refractivity (Wildman–Crippen MR) is 48.0 cm³/mol. The van der Waals surface area contributed by atoms with Crippen LogP contribution in [0.2, 0.25) is 0 Å². The van der Waals surface area contributed by atoms with Gasteiger partial charge < -0.3 is 0 Å². The second kappa shape index (κ2) is 4.99. The van der Waals surface area contributed by atoms with Crippen molar-refractivity contribution in [2.45, 2.75) is 18.7 Å². The van der Waals surface area contributed by atoms with Crippen molar-refractivity contribution >= 4 is 11.6 Å². The molecule has 1 heterocycles. The van der Waals surface area contributed by atoms with Crippen LogP contribution < -0.4 is 0 Å². The topological polar surface area (TPSA) is 36.7 Å². The van der Waals surface area contributed by atoms with Crippen LogP contribution in [0.5, 0.6) is 0 Å². The van der Waals surface area contributed by atoms with Gasteiger partial charge in [-0.1, -0.05) is 0 Å². The molecule has 0 spiro atoms. The first-order valence-electron chi connectivity index (χ1n) is 3.99. The lowest BCUT2D eigenvalue weighted by Crippen LogP contribution is -2.04. The highest BCUT2D eigenvalue weighted by atomic mass is 35.5. The monoisotopic (exact) mass is 234 g/mol. The summed E-state index contributed by atoms with van der Waals surface area (Å²) in [5.74, 6) is -1.14. The summed E-state index contributed by atoms with van der Waals surface area (Å²) in [5.41, 5.74) is -0.708. The molecule has 0 bridgehead atoms. The number of nitriles is 1. The molecule has 0 unspecified atom stereocenters. The molecule has 1 aromatic rings. The first-order valence-corrected chi connectivity index (χ1v) is 4.52. The van der Waals surface area contributed by atoms with Crippen LogP contribution in [0, 0.1) is 17.3 Å². The van der Waals surface area contributed by atoms with E-state index in [1.807, 2.05) is 0 Å². The van der Waals surface area contributed by atoms with Crippen LogP contribution in [0.1, 0.15) is 23.2 Å². The van der Waals surface area contributed by atoms with E-state index < -0.39 is 17.9 Å². The summed E-state index contributed by atoms with van der Waals surface area (Å²) in [4.78, 5) is 3.26. The SMILES string of the molecule is N#CCc1nc(F)cc(CCl)c1C(F)F. The van der Waals surface area contributed by atoms with Crippen LogP contribution in [0.25, 0.3) is 0 Å². The molecule has 0 aliphatic rings. The van der Waals surface area contributed by atoms with Gasteiger partial charge in [0.1, 0.15) is 0 Å². The fraction of sp³-hybridized carbons (Fsp3) is 0.333. The van der Waals surface area contributed by atoms with Crippen molar-refractivity contribution in [3.8, 4) is 6.07 Å². The summed E-state index contributed by atoms with van der Waals surface area (Å²) < 4.78 is 38.1. The molecular weight excluding hydrogens is 229 g/mol. The standard InChI is InChI=1S/C9H6ClF3N2/c10-4-5-3-7(11)15-6(1-2-14)8(5)9(12)13/h3,9H,1,4H2. The maximum absolute atomic E-state index is 12.9. The van der Waals surface area contributed by atoms with Crippen LogP contribution in [0.3, 0.4) is 0 Å². The van der Waals surface area contributed by atoms with Gasteiger partial charge in [0.25, 0.3) is 6.43 Å². The van der Waals surface area contributed by atoms with E-state index in [1.54, 1.807) is 6.07 Å². The highest BCUT2D eigenvalue weighted by Gasteiger charge is 2.20. The summed E-state index contributed by atoms with van der Waals surface area (Å²) >= 11 is 5.41. The molecule has 0 fully saturated rings. The third-order valence-corrected chi connectivity index (χ3v) is 2.09. The second-order valence-corrected chi connectivity index (χ2v) is 3.00. The van der Waals surface area contributed by atoms with Gasteiger partial charge in [-0.2, -0.15) is 9.65 Å². The first kappa shape index (κ1) is 11.8. The van der Waals surface area contributed by atoms with Crippen LogP contribution in [0.15, 0.2) is 6.07 Å². The zero-order valence-electron chi connectivity index (χ0n) is 7.48. The van der Waals surface area contributed by atoms with E-state index in [1.165, 1.54) is 0 Å². The molecule has 0 N–H and O–H groups in total. The smallest absolute Gasteiger partial charge is 0.223 e. The average Bonchev–Trinajstić information content (AvgIpc) is 2.16. The molecule has 1 aromatic heterocycles. The molecule has 0 saturated carbocycles. The third kappa shape index (κ3) is 2.60. The van der Waals surface area contributed by atoms with Crippen molar-refractivity contribution in [1.29, 1.82) is 5.26 Å². The number of aromatic nitrogens is 1. The zero-order chi connectivity index (χ0) is 11.4. The Morgan fingerprint density at radius 3 is 2.67 bits per heavy atom. The number of alkyl halides is 3. The van der Waals surface area contributed by atoms with Crippen molar-refractivity contribution in [3.05, 3.63) is 28.8 Å². The van der Waals surface area contributed by atoms with Gasteiger partial charge >= 0.3 is 0 Å². The molecule has 0 aliphatic carbocycles. The van der Waals surface area contributed by atoms with Crippen LogP contribution in [-0.2, 0) is 12.3 Å². The van der Waals surface area contributed by atoms with Gasteiger partial charge in [-0.25, -0.2) is 13.8 Å². The lowest BCUT2D eigenvalue weighted by Gasteiger charge is -2.09. The van der Waals surface area contributed by atoms with Crippen LogP contribution in [0.4, 0.5) is 13.2 Å².